The third kappa shape index (κ3) is 5.84. The number of hydrogen-bond donors (Lipinski definition) is 0. The number of carbonyl (C=O) groups excluding carboxylic acids is 3. The predicted octanol–water partition coefficient (Wildman–Crippen LogP) is 3.48. The van der Waals surface area contributed by atoms with E-state index >= 15 is 0 Å². The summed E-state index contributed by atoms with van der Waals surface area (Å²) in [6.07, 6.45) is 0. The van der Waals surface area contributed by atoms with E-state index in [4.69, 9.17) is 9.47 Å². The van der Waals surface area contributed by atoms with Crippen LogP contribution in [0.1, 0.15) is 32.5 Å². The normalized spacial score (nSPS) is 11.2. The molecule has 0 amide bonds. The highest BCUT2D eigenvalue weighted by molar-refractivity contribution is 7.09. The highest BCUT2D eigenvalue weighted by atomic mass is 32.1. The molecular weight excluding hydrogens is 416 g/mol. The van der Waals surface area contributed by atoms with Crippen molar-refractivity contribution < 1.29 is 23.9 Å². The van der Waals surface area contributed by atoms with Crippen molar-refractivity contribution in [1.82, 2.24) is 4.98 Å². The highest BCUT2D eigenvalue weighted by Crippen LogP contribution is 2.21. The average molecular weight is 434 g/mol. The van der Waals surface area contributed by atoms with Crippen molar-refractivity contribution in [3.63, 3.8) is 0 Å². The van der Waals surface area contributed by atoms with Gasteiger partial charge in [0.15, 0.2) is 30.7 Å². The lowest BCUT2D eigenvalue weighted by Crippen LogP contribution is -2.22. The summed E-state index contributed by atoms with van der Waals surface area (Å²) in [5.41, 5.74) is 1.79. The van der Waals surface area contributed by atoms with E-state index in [1.54, 1.807) is 60.8 Å². The van der Waals surface area contributed by atoms with Gasteiger partial charge in [-0.3, -0.25) is 9.59 Å². The Morgan fingerprint density at radius 1 is 1.03 bits per heavy atom. The van der Waals surface area contributed by atoms with Crippen molar-refractivity contribution in [2.75, 3.05) is 13.2 Å². The lowest BCUT2D eigenvalue weighted by molar-refractivity contribution is -0.150. The summed E-state index contributed by atoms with van der Waals surface area (Å²) in [6, 6.07) is 17.1. The molecule has 0 unspecified atom stereocenters. The highest BCUT2D eigenvalue weighted by Gasteiger charge is 2.24. The van der Waals surface area contributed by atoms with Crippen LogP contribution in [0.25, 0.3) is 0 Å². The van der Waals surface area contributed by atoms with Gasteiger partial charge in [0.1, 0.15) is 10.8 Å². The maximum Gasteiger partial charge on any atom is 0.344 e. The van der Waals surface area contributed by atoms with Crippen molar-refractivity contribution in [3.8, 4) is 11.8 Å². The minimum Gasteiger partial charge on any atom is -0.482 e. The summed E-state index contributed by atoms with van der Waals surface area (Å²) in [7, 11) is 0. The molecule has 8 heteroatoms. The Labute approximate surface area is 182 Å². The number of Topliss-reactive ketones (excluding diaryl/α,β-unsaturated/α-hetero) is 1. The molecule has 0 saturated heterocycles. The zero-order valence-corrected chi connectivity index (χ0v) is 17.4. The topological polar surface area (TPSA) is 106 Å². The van der Waals surface area contributed by atoms with Crippen molar-refractivity contribution in [3.05, 3.63) is 81.8 Å². The molecule has 1 aromatic heterocycles. The molecule has 7 nitrogen and oxygen atoms in total. The van der Waals surface area contributed by atoms with Crippen LogP contribution in [0.15, 0.2) is 60.0 Å². The van der Waals surface area contributed by atoms with Gasteiger partial charge in [-0.2, -0.15) is 5.26 Å². The Morgan fingerprint density at radius 3 is 2.32 bits per heavy atom. The van der Waals surface area contributed by atoms with Crippen molar-refractivity contribution in [1.29, 1.82) is 5.26 Å². The number of hydrogen-bond acceptors (Lipinski definition) is 8. The second kappa shape index (κ2) is 10.3. The van der Waals surface area contributed by atoms with Crippen LogP contribution in [0.3, 0.4) is 0 Å². The molecule has 156 valence electrons. The maximum atomic E-state index is 12.4. The molecule has 1 heterocycles. The second-order valence-corrected chi connectivity index (χ2v) is 7.41. The van der Waals surface area contributed by atoms with E-state index in [0.29, 0.717) is 21.9 Å². The fourth-order valence-electron chi connectivity index (χ4n) is 2.65. The van der Waals surface area contributed by atoms with Crippen molar-refractivity contribution >= 4 is 28.9 Å². The Balaban J connectivity index is 1.48. The van der Waals surface area contributed by atoms with E-state index in [-0.39, 0.29) is 5.78 Å². The molecule has 0 saturated carbocycles. The molecule has 0 bridgehead atoms. The van der Waals surface area contributed by atoms with Crippen LogP contribution in [0, 0.1) is 18.3 Å². The number of nitrogens with zero attached hydrogens (tertiary/aromatic N) is 2. The monoisotopic (exact) mass is 434 g/mol. The van der Waals surface area contributed by atoms with Gasteiger partial charge >= 0.3 is 5.97 Å². The number of rotatable bonds is 9. The minimum absolute atomic E-state index is 0.118. The van der Waals surface area contributed by atoms with Crippen LogP contribution in [0.2, 0.25) is 0 Å². The van der Waals surface area contributed by atoms with E-state index in [1.807, 2.05) is 12.1 Å². The van der Waals surface area contributed by atoms with Crippen molar-refractivity contribution in [2.24, 2.45) is 0 Å². The molecule has 0 spiro atoms. The molecule has 0 aliphatic carbocycles. The first kappa shape index (κ1) is 21.9. The summed E-state index contributed by atoms with van der Waals surface area (Å²) in [4.78, 5) is 40.6. The van der Waals surface area contributed by atoms with Gasteiger partial charge < -0.3 is 9.47 Å². The Morgan fingerprint density at radius 2 is 1.71 bits per heavy atom. The van der Waals surface area contributed by atoms with Crippen LogP contribution in [0.4, 0.5) is 0 Å². The molecule has 0 fully saturated rings. The molecular formula is C23H18N2O5S. The molecule has 3 aromatic rings. The lowest BCUT2D eigenvalue weighted by atomic mass is 10.0. The third-order valence-corrected chi connectivity index (χ3v) is 5.25. The molecule has 0 N–H and O–H groups in total. The van der Waals surface area contributed by atoms with Crippen LogP contribution >= 0.6 is 11.3 Å². The predicted molar refractivity (Wildman–Crippen MR) is 113 cm³/mol. The first-order valence-corrected chi connectivity index (χ1v) is 10.2. The van der Waals surface area contributed by atoms with Crippen LogP contribution in [0.5, 0.6) is 5.75 Å². The van der Waals surface area contributed by atoms with Gasteiger partial charge in [-0.1, -0.05) is 30.3 Å². The van der Waals surface area contributed by atoms with Gasteiger partial charge in [-0.05, 0) is 31.2 Å². The number of esters is 1. The number of ketones is 2. The van der Waals surface area contributed by atoms with Gasteiger partial charge in [0, 0.05) is 22.2 Å². The van der Waals surface area contributed by atoms with Crippen LogP contribution in [-0.4, -0.2) is 35.7 Å². The molecule has 31 heavy (non-hydrogen) atoms. The van der Waals surface area contributed by atoms with Gasteiger partial charge in [-0.15, -0.1) is 11.3 Å². The summed E-state index contributed by atoms with van der Waals surface area (Å²) in [5.74, 6) is -2.10. The number of ether oxygens (including phenoxy) is 2. The first-order valence-electron chi connectivity index (χ1n) is 9.30. The molecule has 0 radical (unpaired) electrons. The van der Waals surface area contributed by atoms with E-state index in [1.165, 1.54) is 11.3 Å². The standard InChI is InChI=1S/C23H18N2O5S/c1-15-14-31-23(25-15)19(11-24)20(26)12-30-21(27)13-29-18-9-7-17(8-10-18)22(28)16-5-3-2-4-6-16/h2-10,14,19H,12-13H2,1H3/t19-/m1/s1. The fourth-order valence-corrected chi connectivity index (χ4v) is 3.51. The van der Waals surface area contributed by atoms with E-state index in [2.05, 4.69) is 4.98 Å². The minimum atomic E-state index is -1.07. The molecule has 0 aliphatic heterocycles. The number of carbonyl (C=O) groups is 3. The summed E-state index contributed by atoms with van der Waals surface area (Å²) in [6.45, 7) is 0.816. The molecule has 3 rings (SSSR count). The molecule has 0 aliphatic rings. The lowest BCUT2D eigenvalue weighted by Gasteiger charge is -2.09. The number of aryl methyl sites for hydroxylation is 1. The van der Waals surface area contributed by atoms with E-state index < -0.39 is 30.9 Å². The van der Waals surface area contributed by atoms with Crippen LogP contribution < -0.4 is 4.74 Å². The largest absolute Gasteiger partial charge is 0.482 e. The average Bonchev–Trinajstić information content (AvgIpc) is 3.23. The summed E-state index contributed by atoms with van der Waals surface area (Å²) in [5, 5.41) is 11.3. The maximum absolute atomic E-state index is 12.4. The molecule has 1 atom stereocenters. The Bertz CT molecular complexity index is 1120. The second-order valence-electron chi connectivity index (χ2n) is 6.52. The van der Waals surface area contributed by atoms with Gasteiger partial charge in [0.25, 0.3) is 0 Å². The van der Waals surface area contributed by atoms with E-state index in [0.717, 1.165) is 5.69 Å². The van der Waals surface area contributed by atoms with Gasteiger partial charge in [0.2, 0.25) is 0 Å². The number of aromatic nitrogens is 1. The summed E-state index contributed by atoms with van der Waals surface area (Å²) >= 11 is 1.21. The van der Waals surface area contributed by atoms with Gasteiger partial charge in [-0.25, -0.2) is 9.78 Å². The zero-order valence-electron chi connectivity index (χ0n) is 16.6. The smallest absolute Gasteiger partial charge is 0.344 e. The van der Waals surface area contributed by atoms with Gasteiger partial charge in [0.05, 0.1) is 6.07 Å². The quantitative estimate of drug-likeness (QED) is 0.375. The number of thiazole rings is 1. The number of benzene rings is 2. The Hall–Kier alpha value is -3.83. The van der Waals surface area contributed by atoms with Crippen LogP contribution in [-0.2, 0) is 14.3 Å². The molecule has 2 aromatic carbocycles. The fraction of sp³-hybridized carbons (Fsp3) is 0.174. The SMILES string of the molecule is Cc1csc([C@H](C#N)C(=O)COC(=O)COc2ccc(C(=O)c3ccccc3)cc2)n1. The first-order chi connectivity index (χ1) is 15.0. The summed E-state index contributed by atoms with van der Waals surface area (Å²) < 4.78 is 10.3. The Kier molecular flexibility index (Phi) is 7.25. The zero-order chi connectivity index (χ0) is 22.2. The third-order valence-electron chi connectivity index (χ3n) is 4.22. The van der Waals surface area contributed by atoms with E-state index in [9.17, 15) is 19.6 Å². The number of nitriles is 1. The van der Waals surface area contributed by atoms with Crippen molar-refractivity contribution in [2.45, 2.75) is 12.8 Å².